The SMILES string of the molecule is CC[C@H](C)[C@H](NC(=O)[C@H](Cc1ccc(O)cc1)NC(=O)[C@@H](N)CCC(=O)O)C(=O)N[C@@H](CCC(N)=O)C(=O)N[C@@H](CC(N)=O)C(=O)N[C@@H](CN)C(=O)N1CCC[C@H]1C(=O)NC(C)(C)C(=O)NCC(=O)O. The normalized spacial score (nSPS) is 16.3. The molecule has 70 heavy (non-hydrogen) atoms. The number of carboxylic acids is 2. The van der Waals surface area contributed by atoms with Gasteiger partial charge in [0.15, 0.2) is 0 Å². The molecular formula is C43H66N12O15. The van der Waals surface area contributed by atoms with Crippen molar-refractivity contribution in [3.63, 3.8) is 0 Å². The predicted molar refractivity (Wildman–Crippen MR) is 245 cm³/mol. The Morgan fingerprint density at radius 3 is 1.87 bits per heavy atom. The van der Waals surface area contributed by atoms with E-state index < -0.39 is 164 Å². The molecule has 1 fully saturated rings. The zero-order chi connectivity index (χ0) is 53.0. The first-order chi connectivity index (χ1) is 32.7. The number of rotatable bonds is 29. The number of carbonyl (C=O) groups excluding carboxylic acids is 10. The third-order valence-electron chi connectivity index (χ3n) is 11.3. The van der Waals surface area contributed by atoms with Crippen molar-refractivity contribution in [1.82, 2.24) is 42.1 Å². The van der Waals surface area contributed by atoms with Gasteiger partial charge in [0, 0.05) is 32.4 Å². The Morgan fingerprint density at radius 2 is 1.31 bits per heavy atom. The largest absolute Gasteiger partial charge is 0.508 e. The van der Waals surface area contributed by atoms with Gasteiger partial charge < -0.3 is 80.4 Å². The number of nitrogens with two attached hydrogens (primary N) is 4. The molecule has 0 radical (unpaired) electrons. The number of likely N-dealkylation sites (tertiary alicyclic amines) is 1. The van der Waals surface area contributed by atoms with Crippen LogP contribution in [0.3, 0.4) is 0 Å². The number of phenols is 1. The van der Waals surface area contributed by atoms with E-state index in [0.717, 1.165) is 4.90 Å². The Labute approximate surface area is 402 Å². The molecule has 27 nitrogen and oxygen atoms in total. The van der Waals surface area contributed by atoms with Crippen LogP contribution in [-0.4, -0.2) is 159 Å². The lowest BCUT2D eigenvalue weighted by Crippen LogP contribution is -2.62. The van der Waals surface area contributed by atoms with Crippen LogP contribution in [0.4, 0.5) is 0 Å². The summed E-state index contributed by atoms with van der Waals surface area (Å²) in [6, 6.07) is -4.76. The number of phenolic OH excluding ortho intramolecular Hbond substituents is 1. The first-order valence-electron chi connectivity index (χ1n) is 22.4. The van der Waals surface area contributed by atoms with E-state index in [-0.39, 0.29) is 38.0 Å². The maximum atomic E-state index is 14.1. The second-order valence-electron chi connectivity index (χ2n) is 17.3. The van der Waals surface area contributed by atoms with Crippen molar-refractivity contribution in [2.45, 2.75) is 133 Å². The van der Waals surface area contributed by atoms with E-state index in [9.17, 15) is 62.6 Å². The smallest absolute Gasteiger partial charge is 0.322 e. The van der Waals surface area contributed by atoms with Crippen LogP contribution in [0.15, 0.2) is 24.3 Å². The minimum absolute atomic E-state index is 0.0200. The molecule has 1 saturated heterocycles. The summed E-state index contributed by atoms with van der Waals surface area (Å²) in [5, 5.41) is 44.5. The van der Waals surface area contributed by atoms with Gasteiger partial charge in [0.2, 0.25) is 59.1 Å². The van der Waals surface area contributed by atoms with Crippen molar-refractivity contribution in [1.29, 1.82) is 0 Å². The first-order valence-corrected chi connectivity index (χ1v) is 22.4. The lowest BCUT2D eigenvalue weighted by molar-refractivity contribution is -0.143. The standard InChI is InChI=1S/C43H66N12O15/c1-5-21(2)34(53-38(66)26(17-22-8-10-23(56)11-9-22)50-35(63)24(45)12-15-32(59)60)40(68)49-25(13-14-30(46)57)36(64)51-27(18-31(47)58)37(65)52-28(19-44)41(69)55-16-6-7-29(55)39(67)54-43(3,4)42(70)48-20-33(61)62/h8-11,21,24-29,34,56H,5-7,12-20,44-45H2,1-4H3,(H2,46,57)(H2,47,58)(H,48,70)(H,49,68)(H,50,63)(H,51,64)(H,52,65)(H,53,66)(H,54,67)(H,59,60)(H,61,62)/t21-,24-,25-,26-,27-,28-,29-,34-/m0/s1. The number of aliphatic carboxylic acids is 2. The molecule has 1 aliphatic rings. The van der Waals surface area contributed by atoms with E-state index in [1.807, 2.05) is 0 Å². The van der Waals surface area contributed by atoms with E-state index in [0.29, 0.717) is 12.0 Å². The van der Waals surface area contributed by atoms with Crippen molar-refractivity contribution in [2.24, 2.45) is 28.9 Å². The minimum Gasteiger partial charge on any atom is -0.508 e. The number of nitrogens with one attached hydrogen (secondary N) is 7. The first kappa shape index (κ1) is 58.7. The summed E-state index contributed by atoms with van der Waals surface area (Å²) in [7, 11) is 0. The zero-order valence-electron chi connectivity index (χ0n) is 39.4. The van der Waals surface area contributed by atoms with Gasteiger partial charge in [0.1, 0.15) is 54.1 Å². The fourth-order valence-electron chi connectivity index (χ4n) is 7.04. The van der Waals surface area contributed by atoms with Gasteiger partial charge in [-0.1, -0.05) is 32.4 Å². The molecule has 0 unspecified atom stereocenters. The van der Waals surface area contributed by atoms with Crippen LogP contribution >= 0.6 is 0 Å². The van der Waals surface area contributed by atoms with E-state index >= 15 is 0 Å². The van der Waals surface area contributed by atoms with Crippen LogP contribution in [0, 0.1) is 5.92 Å². The monoisotopic (exact) mass is 990 g/mol. The van der Waals surface area contributed by atoms with Crippen molar-refractivity contribution in [3.8, 4) is 5.75 Å². The van der Waals surface area contributed by atoms with E-state index in [2.05, 4.69) is 37.2 Å². The highest BCUT2D eigenvalue weighted by Crippen LogP contribution is 2.20. The summed E-state index contributed by atoms with van der Waals surface area (Å²) in [5.74, 6) is -12.8. The molecule has 0 spiro atoms. The van der Waals surface area contributed by atoms with Gasteiger partial charge in [0.05, 0.1) is 12.5 Å². The topological polar surface area (TPSA) is 457 Å². The van der Waals surface area contributed by atoms with Gasteiger partial charge in [-0.25, -0.2) is 0 Å². The summed E-state index contributed by atoms with van der Waals surface area (Å²) in [6.45, 7) is 4.67. The predicted octanol–water partition coefficient (Wildman–Crippen LogP) is -5.22. The van der Waals surface area contributed by atoms with Gasteiger partial charge in [0.25, 0.3) is 0 Å². The van der Waals surface area contributed by atoms with Gasteiger partial charge in [-0.15, -0.1) is 0 Å². The summed E-state index contributed by atoms with van der Waals surface area (Å²) in [6.07, 6.45) is -1.99. The average Bonchev–Trinajstić information content (AvgIpc) is 3.79. The molecule has 2 rings (SSSR count). The maximum absolute atomic E-state index is 14.1. The Bertz CT molecular complexity index is 2100. The number of benzene rings is 1. The molecule has 0 aromatic heterocycles. The second-order valence-corrected chi connectivity index (χ2v) is 17.3. The molecule has 1 aromatic rings. The molecule has 1 aromatic carbocycles. The second kappa shape index (κ2) is 27.5. The highest BCUT2D eigenvalue weighted by Gasteiger charge is 2.41. The zero-order valence-corrected chi connectivity index (χ0v) is 39.4. The maximum Gasteiger partial charge on any atom is 0.322 e. The summed E-state index contributed by atoms with van der Waals surface area (Å²) in [5.41, 5.74) is 21.4. The summed E-state index contributed by atoms with van der Waals surface area (Å²) < 4.78 is 0. The average molecular weight is 991 g/mol. The third-order valence-corrected chi connectivity index (χ3v) is 11.3. The van der Waals surface area contributed by atoms with Crippen molar-refractivity contribution in [2.75, 3.05) is 19.6 Å². The van der Waals surface area contributed by atoms with E-state index in [1.54, 1.807) is 13.8 Å². The van der Waals surface area contributed by atoms with Gasteiger partial charge >= 0.3 is 11.9 Å². The lowest BCUT2D eigenvalue weighted by Gasteiger charge is -2.32. The molecule has 0 aliphatic carbocycles. The van der Waals surface area contributed by atoms with Crippen LogP contribution in [0.25, 0.3) is 0 Å². The fraction of sp³-hybridized carbons (Fsp3) is 0.581. The summed E-state index contributed by atoms with van der Waals surface area (Å²) in [4.78, 5) is 156. The highest BCUT2D eigenvalue weighted by atomic mass is 16.4. The molecule has 10 amide bonds. The van der Waals surface area contributed by atoms with Crippen LogP contribution in [0.2, 0.25) is 0 Å². The number of carbonyl (C=O) groups is 12. The molecule has 27 heteroatoms. The van der Waals surface area contributed by atoms with Crippen molar-refractivity contribution in [3.05, 3.63) is 29.8 Å². The van der Waals surface area contributed by atoms with Crippen molar-refractivity contribution < 1.29 is 72.9 Å². The number of nitrogens with zero attached hydrogens (tertiary/aromatic N) is 1. The molecular weight excluding hydrogens is 925 g/mol. The Hall–Kier alpha value is -7.42. The lowest BCUT2D eigenvalue weighted by atomic mass is 9.96. The number of aromatic hydroxyl groups is 1. The molecule has 0 bridgehead atoms. The Kier molecular flexibility index (Phi) is 23.1. The third kappa shape index (κ3) is 18.9. The number of hydrogen-bond donors (Lipinski definition) is 14. The van der Waals surface area contributed by atoms with Crippen LogP contribution in [0.5, 0.6) is 5.75 Å². The van der Waals surface area contributed by atoms with Gasteiger partial charge in [-0.2, -0.15) is 0 Å². The van der Waals surface area contributed by atoms with Crippen molar-refractivity contribution >= 4 is 71.0 Å². The number of carboxylic acid groups (broad SMARTS) is 2. The number of hydrogen-bond acceptors (Lipinski definition) is 15. The van der Waals surface area contributed by atoms with Crippen LogP contribution in [0.1, 0.15) is 84.6 Å². The van der Waals surface area contributed by atoms with E-state index in [1.165, 1.54) is 38.1 Å². The van der Waals surface area contributed by atoms with Crippen LogP contribution < -0.4 is 60.2 Å². The van der Waals surface area contributed by atoms with Gasteiger partial charge in [-0.05, 0) is 63.1 Å². The quantitative estimate of drug-likeness (QED) is 0.0357. The number of amides is 10. The van der Waals surface area contributed by atoms with E-state index in [4.69, 9.17) is 33.1 Å². The minimum atomic E-state index is -1.82. The fourth-order valence-corrected chi connectivity index (χ4v) is 7.04. The molecule has 1 heterocycles. The Morgan fingerprint density at radius 1 is 0.743 bits per heavy atom. The summed E-state index contributed by atoms with van der Waals surface area (Å²) >= 11 is 0. The molecule has 8 atom stereocenters. The Balaban J connectivity index is 2.35. The van der Waals surface area contributed by atoms with Gasteiger partial charge in [-0.3, -0.25) is 57.5 Å². The number of primary amides is 2. The van der Waals surface area contributed by atoms with Crippen LogP contribution in [-0.2, 0) is 64.0 Å². The molecule has 1 aliphatic heterocycles. The molecule has 0 saturated carbocycles. The molecule has 388 valence electrons. The molecule has 18 N–H and O–H groups in total. The highest BCUT2D eigenvalue weighted by molar-refractivity contribution is 6.00.